The molecule has 0 radical (unpaired) electrons. The molecule has 1 aliphatic carbocycles. The Morgan fingerprint density at radius 1 is 1.55 bits per heavy atom. The molecule has 1 heterocycles. The van der Waals surface area contributed by atoms with Crippen molar-refractivity contribution in [1.29, 1.82) is 0 Å². The fourth-order valence-electron chi connectivity index (χ4n) is 1.62. The lowest BCUT2D eigenvalue weighted by Gasteiger charge is -2.47. The molecule has 4 heteroatoms. The molecule has 4 nitrogen and oxygen atoms in total. The van der Waals surface area contributed by atoms with Gasteiger partial charge in [0, 0.05) is 12.6 Å². The minimum Gasteiger partial charge on any atom is -0.393 e. The van der Waals surface area contributed by atoms with Crippen LogP contribution < -0.4 is 5.73 Å². The van der Waals surface area contributed by atoms with Crippen LogP contribution in [0.25, 0.3) is 0 Å². The van der Waals surface area contributed by atoms with Crippen molar-refractivity contribution in [3.8, 4) is 0 Å². The van der Waals surface area contributed by atoms with Gasteiger partial charge in [0.25, 0.3) is 0 Å². The third-order valence-corrected chi connectivity index (χ3v) is 2.52. The van der Waals surface area contributed by atoms with Gasteiger partial charge in [0.2, 0.25) is 5.91 Å². The molecule has 0 spiro atoms. The van der Waals surface area contributed by atoms with Gasteiger partial charge in [0.1, 0.15) is 6.04 Å². The van der Waals surface area contributed by atoms with E-state index in [4.69, 9.17) is 10.8 Å². The molecule has 0 aromatic rings. The van der Waals surface area contributed by atoms with Crippen molar-refractivity contribution in [1.82, 2.24) is 4.90 Å². The highest BCUT2D eigenvalue weighted by Gasteiger charge is 2.43. The van der Waals surface area contributed by atoms with E-state index in [2.05, 4.69) is 0 Å². The van der Waals surface area contributed by atoms with E-state index in [9.17, 15) is 4.79 Å². The van der Waals surface area contributed by atoms with Crippen LogP contribution in [0.5, 0.6) is 0 Å². The summed E-state index contributed by atoms with van der Waals surface area (Å²) < 4.78 is 0. The molecule has 2 rings (SSSR count). The number of nitrogens with two attached hydrogens (primary N) is 1. The zero-order chi connectivity index (χ0) is 8.01. The van der Waals surface area contributed by atoms with Crippen LogP contribution in [-0.2, 0) is 4.79 Å². The van der Waals surface area contributed by atoms with Crippen LogP contribution in [0.3, 0.4) is 0 Å². The molecule has 1 saturated carbocycles. The standard InChI is InChI=1S/C7H12N2O2/c8-6-3-9(7(6)11)4-1-5(10)2-4/h4-6,10H,1-3,8H2. The van der Waals surface area contributed by atoms with Gasteiger partial charge in [-0.25, -0.2) is 0 Å². The molecule has 62 valence electrons. The first-order valence-corrected chi connectivity index (χ1v) is 3.92. The quantitative estimate of drug-likeness (QED) is 0.463. The third-order valence-electron chi connectivity index (χ3n) is 2.52. The van der Waals surface area contributed by atoms with E-state index in [1.807, 2.05) is 0 Å². The summed E-state index contributed by atoms with van der Waals surface area (Å²) in [6.07, 6.45) is 1.28. The van der Waals surface area contributed by atoms with Crippen molar-refractivity contribution in [2.45, 2.75) is 31.0 Å². The Labute approximate surface area is 65.0 Å². The number of hydrogen-bond acceptors (Lipinski definition) is 3. The van der Waals surface area contributed by atoms with Crippen LogP contribution >= 0.6 is 0 Å². The molecule has 11 heavy (non-hydrogen) atoms. The average molecular weight is 156 g/mol. The van der Waals surface area contributed by atoms with E-state index in [-0.39, 0.29) is 24.1 Å². The zero-order valence-electron chi connectivity index (χ0n) is 6.23. The Morgan fingerprint density at radius 3 is 2.55 bits per heavy atom. The van der Waals surface area contributed by atoms with Gasteiger partial charge in [0.05, 0.1) is 6.10 Å². The highest BCUT2D eigenvalue weighted by molar-refractivity contribution is 5.88. The summed E-state index contributed by atoms with van der Waals surface area (Å²) in [6, 6.07) is 0.00467. The number of likely N-dealkylation sites (tertiary alicyclic amines) is 1. The van der Waals surface area contributed by atoms with Crippen LogP contribution in [0, 0.1) is 0 Å². The van der Waals surface area contributed by atoms with Crippen LogP contribution in [0.1, 0.15) is 12.8 Å². The number of hydrogen-bond donors (Lipinski definition) is 2. The predicted octanol–water partition coefficient (Wildman–Crippen LogP) is -1.32. The summed E-state index contributed by atoms with van der Waals surface area (Å²) in [6.45, 7) is 0.677. The largest absolute Gasteiger partial charge is 0.393 e. The molecule has 3 N–H and O–H groups in total. The van der Waals surface area contributed by atoms with Crippen molar-refractivity contribution in [2.24, 2.45) is 5.73 Å². The Hall–Kier alpha value is -0.610. The molecule has 0 bridgehead atoms. The van der Waals surface area contributed by atoms with E-state index in [0.29, 0.717) is 6.54 Å². The lowest BCUT2D eigenvalue weighted by molar-refractivity contribution is -0.151. The molecule has 1 saturated heterocycles. The van der Waals surface area contributed by atoms with E-state index in [0.717, 1.165) is 12.8 Å². The number of β-lactam (4-membered cyclic amide) rings is 1. The fourth-order valence-corrected chi connectivity index (χ4v) is 1.62. The zero-order valence-corrected chi connectivity index (χ0v) is 6.23. The number of aliphatic hydroxyl groups excluding tert-OH is 1. The van der Waals surface area contributed by atoms with E-state index >= 15 is 0 Å². The van der Waals surface area contributed by atoms with E-state index in [1.165, 1.54) is 0 Å². The summed E-state index contributed by atoms with van der Waals surface area (Å²) in [7, 11) is 0. The first kappa shape index (κ1) is 7.06. The molecule has 2 aliphatic rings. The molecule has 1 atom stereocenters. The maximum Gasteiger partial charge on any atom is 0.241 e. The lowest BCUT2D eigenvalue weighted by Crippen LogP contribution is -2.66. The first-order valence-electron chi connectivity index (χ1n) is 3.92. The summed E-state index contributed by atoms with van der Waals surface area (Å²) >= 11 is 0. The monoisotopic (exact) mass is 156 g/mol. The van der Waals surface area contributed by atoms with Gasteiger partial charge in [0.15, 0.2) is 0 Å². The molecule has 0 aromatic carbocycles. The minimum absolute atomic E-state index is 0.0434. The van der Waals surface area contributed by atoms with E-state index in [1.54, 1.807) is 4.90 Å². The highest BCUT2D eigenvalue weighted by Crippen LogP contribution is 2.29. The molecule has 1 amide bonds. The Morgan fingerprint density at radius 2 is 2.18 bits per heavy atom. The average Bonchev–Trinajstić information content (AvgIpc) is 1.94. The van der Waals surface area contributed by atoms with Crippen molar-refractivity contribution in [3.63, 3.8) is 0 Å². The SMILES string of the molecule is NC1CN(C2CC(O)C2)C1=O. The topological polar surface area (TPSA) is 66.6 Å². The second kappa shape index (κ2) is 2.19. The van der Waals surface area contributed by atoms with Crippen molar-refractivity contribution in [3.05, 3.63) is 0 Å². The number of carbonyl (C=O) groups excluding carboxylic acids is 1. The highest BCUT2D eigenvalue weighted by atomic mass is 16.3. The summed E-state index contributed by atoms with van der Waals surface area (Å²) in [4.78, 5) is 12.8. The summed E-state index contributed by atoms with van der Waals surface area (Å²) in [5.41, 5.74) is 5.41. The Balaban J connectivity index is 1.85. The number of rotatable bonds is 1. The van der Waals surface area contributed by atoms with Gasteiger partial charge < -0.3 is 15.7 Å². The third kappa shape index (κ3) is 0.937. The summed E-state index contributed by atoms with van der Waals surface area (Å²) in [5.74, 6) is 0.0434. The molecule has 1 unspecified atom stereocenters. The number of aliphatic hydroxyl groups is 1. The first-order chi connectivity index (χ1) is 5.18. The lowest BCUT2D eigenvalue weighted by atomic mass is 9.85. The fraction of sp³-hybridized carbons (Fsp3) is 0.857. The van der Waals surface area contributed by atoms with Gasteiger partial charge in [-0.2, -0.15) is 0 Å². The predicted molar refractivity (Wildman–Crippen MR) is 38.7 cm³/mol. The Bertz CT molecular complexity index is 189. The van der Waals surface area contributed by atoms with Crippen LogP contribution in [0.2, 0.25) is 0 Å². The summed E-state index contributed by atoms with van der Waals surface area (Å²) in [5, 5.41) is 8.97. The normalized spacial score (nSPS) is 43.3. The van der Waals surface area contributed by atoms with Crippen LogP contribution in [-0.4, -0.2) is 40.6 Å². The van der Waals surface area contributed by atoms with Gasteiger partial charge in [-0.05, 0) is 12.8 Å². The Kier molecular flexibility index (Phi) is 1.40. The molecule has 0 aromatic heterocycles. The molecular formula is C7H12N2O2. The van der Waals surface area contributed by atoms with Crippen molar-refractivity contribution in [2.75, 3.05) is 6.54 Å². The number of nitrogens with zero attached hydrogens (tertiary/aromatic N) is 1. The van der Waals surface area contributed by atoms with E-state index < -0.39 is 0 Å². The van der Waals surface area contributed by atoms with Crippen molar-refractivity contribution >= 4 is 5.91 Å². The second-order valence-corrected chi connectivity index (χ2v) is 3.38. The molecule has 1 aliphatic heterocycles. The van der Waals surface area contributed by atoms with Crippen molar-refractivity contribution < 1.29 is 9.90 Å². The van der Waals surface area contributed by atoms with Gasteiger partial charge in [-0.1, -0.05) is 0 Å². The van der Waals surface area contributed by atoms with Gasteiger partial charge in [-0.3, -0.25) is 4.79 Å². The second-order valence-electron chi connectivity index (χ2n) is 3.38. The van der Waals surface area contributed by atoms with Gasteiger partial charge in [-0.15, -0.1) is 0 Å². The van der Waals surface area contributed by atoms with Crippen LogP contribution in [0.15, 0.2) is 0 Å². The number of carbonyl (C=O) groups is 1. The molecular weight excluding hydrogens is 144 g/mol. The maximum atomic E-state index is 11.0. The smallest absolute Gasteiger partial charge is 0.241 e. The number of amides is 1. The minimum atomic E-state index is -0.271. The molecule has 2 fully saturated rings. The maximum absolute atomic E-state index is 11.0. The van der Waals surface area contributed by atoms with Crippen LogP contribution in [0.4, 0.5) is 0 Å². The van der Waals surface area contributed by atoms with Gasteiger partial charge >= 0.3 is 0 Å².